The molecule has 0 saturated carbocycles. The van der Waals surface area contributed by atoms with Crippen LogP contribution in [0.5, 0.6) is 5.75 Å². The van der Waals surface area contributed by atoms with Crippen molar-refractivity contribution in [2.24, 2.45) is 0 Å². The first-order chi connectivity index (χ1) is 18.3. The molecule has 0 unspecified atom stereocenters. The van der Waals surface area contributed by atoms with Gasteiger partial charge in [0.05, 0.1) is 26.1 Å². The summed E-state index contributed by atoms with van der Waals surface area (Å²) in [5.74, 6) is 4.01. The van der Waals surface area contributed by atoms with Gasteiger partial charge in [-0.2, -0.15) is 0 Å². The van der Waals surface area contributed by atoms with Crippen LogP contribution in [-0.4, -0.2) is 53.0 Å². The number of ether oxygens (including phenoxy) is 1. The lowest BCUT2D eigenvalue weighted by atomic mass is 10.1. The summed E-state index contributed by atoms with van der Waals surface area (Å²) in [7, 11) is 1.65. The monoisotopic (exact) mass is 492 g/mol. The van der Waals surface area contributed by atoms with Gasteiger partial charge in [0.25, 0.3) is 0 Å². The van der Waals surface area contributed by atoms with Crippen molar-refractivity contribution in [3.8, 4) is 28.5 Å². The maximum absolute atomic E-state index is 6.01. The van der Waals surface area contributed by atoms with E-state index in [1.165, 1.54) is 5.56 Å². The average molecular weight is 493 g/mol. The third-order valence-corrected chi connectivity index (χ3v) is 6.71. The van der Waals surface area contributed by atoms with Gasteiger partial charge < -0.3 is 19.0 Å². The second-order valence-electron chi connectivity index (χ2n) is 8.96. The molecule has 37 heavy (non-hydrogen) atoms. The van der Waals surface area contributed by atoms with Crippen LogP contribution in [0.3, 0.4) is 0 Å². The maximum atomic E-state index is 6.01. The van der Waals surface area contributed by atoms with Crippen molar-refractivity contribution in [3.63, 3.8) is 0 Å². The second-order valence-corrected chi connectivity index (χ2v) is 8.96. The van der Waals surface area contributed by atoms with E-state index in [1.807, 2.05) is 42.5 Å². The van der Waals surface area contributed by atoms with Crippen LogP contribution < -0.4 is 14.5 Å². The largest absolute Gasteiger partial charge is 0.495 e. The van der Waals surface area contributed by atoms with E-state index in [-0.39, 0.29) is 0 Å². The molecule has 0 amide bonds. The van der Waals surface area contributed by atoms with Gasteiger partial charge in [-0.3, -0.25) is 4.57 Å². The number of nitrogens with zero attached hydrogens (tertiary/aromatic N) is 6. The summed E-state index contributed by atoms with van der Waals surface area (Å²) < 4.78 is 13.4. The van der Waals surface area contributed by atoms with Gasteiger partial charge in [-0.1, -0.05) is 60.7 Å². The highest BCUT2D eigenvalue weighted by atomic mass is 16.5. The Bertz CT molecular complexity index is 1440. The molecule has 2 aromatic carbocycles. The zero-order chi connectivity index (χ0) is 25.0. The molecule has 0 atom stereocenters. The van der Waals surface area contributed by atoms with Crippen LogP contribution in [0.2, 0.25) is 0 Å². The highest BCUT2D eigenvalue weighted by molar-refractivity contribution is 5.77. The van der Waals surface area contributed by atoms with Gasteiger partial charge in [0.2, 0.25) is 11.8 Å². The molecule has 0 aliphatic carbocycles. The van der Waals surface area contributed by atoms with E-state index < -0.39 is 0 Å². The minimum Gasteiger partial charge on any atom is -0.495 e. The zero-order valence-corrected chi connectivity index (χ0v) is 20.7. The third-order valence-electron chi connectivity index (χ3n) is 6.71. The Balaban J connectivity index is 1.31. The molecule has 186 valence electrons. The minimum absolute atomic E-state index is 0.647. The number of pyridine rings is 1. The molecular weight excluding hydrogens is 464 g/mol. The highest BCUT2D eigenvalue weighted by Gasteiger charge is 2.26. The Kier molecular flexibility index (Phi) is 6.29. The van der Waals surface area contributed by atoms with Crippen LogP contribution in [0.25, 0.3) is 22.7 Å². The van der Waals surface area contributed by atoms with Crippen molar-refractivity contribution in [2.75, 3.05) is 43.1 Å². The number of hydrogen-bond acceptors (Lipinski definition) is 7. The SMILES string of the molecule is COc1ccc(N2CCN(c3nnc(-c4occc4-c4ccccc4)n3Cc3ccccc3)CC2)nc1. The Hall–Kier alpha value is -4.59. The van der Waals surface area contributed by atoms with E-state index in [0.717, 1.165) is 66.4 Å². The molecular formula is C29H28N6O2. The number of methoxy groups -OCH3 is 1. The molecule has 1 saturated heterocycles. The molecule has 0 N–H and O–H groups in total. The smallest absolute Gasteiger partial charge is 0.228 e. The maximum Gasteiger partial charge on any atom is 0.228 e. The lowest BCUT2D eigenvalue weighted by Gasteiger charge is -2.36. The lowest BCUT2D eigenvalue weighted by Crippen LogP contribution is -2.47. The summed E-state index contributed by atoms with van der Waals surface area (Å²) in [6.07, 6.45) is 3.48. The first kappa shape index (κ1) is 22.8. The Morgan fingerprint density at radius 2 is 1.54 bits per heavy atom. The third kappa shape index (κ3) is 4.65. The Labute approximate surface area is 215 Å². The van der Waals surface area contributed by atoms with Crippen LogP contribution in [0, 0.1) is 0 Å². The van der Waals surface area contributed by atoms with Gasteiger partial charge >= 0.3 is 0 Å². The molecule has 4 heterocycles. The van der Waals surface area contributed by atoms with Crippen molar-refractivity contribution in [1.29, 1.82) is 0 Å². The second kappa shape index (κ2) is 10.2. The zero-order valence-electron chi connectivity index (χ0n) is 20.7. The predicted molar refractivity (Wildman–Crippen MR) is 144 cm³/mol. The van der Waals surface area contributed by atoms with Gasteiger partial charge in [-0.25, -0.2) is 4.98 Å². The molecule has 8 nitrogen and oxygen atoms in total. The normalized spacial score (nSPS) is 13.6. The van der Waals surface area contributed by atoms with Crippen LogP contribution >= 0.6 is 0 Å². The molecule has 6 rings (SSSR count). The molecule has 0 radical (unpaired) electrons. The van der Waals surface area contributed by atoms with Crippen molar-refractivity contribution < 1.29 is 9.15 Å². The highest BCUT2D eigenvalue weighted by Crippen LogP contribution is 2.34. The minimum atomic E-state index is 0.647. The summed E-state index contributed by atoms with van der Waals surface area (Å²) in [6.45, 7) is 3.94. The van der Waals surface area contributed by atoms with E-state index in [9.17, 15) is 0 Å². The summed E-state index contributed by atoms with van der Waals surface area (Å²) in [4.78, 5) is 9.14. The number of benzene rings is 2. The van der Waals surface area contributed by atoms with Crippen LogP contribution in [0.1, 0.15) is 5.56 Å². The van der Waals surface area contributed by atoms with E-state index in [4.69, 9.17) is 9.15 Å². The standard InChI is InChI=1S/C29H28N6O2/c1-36-24-12-13-26(30-20-24)33-15-17-34(18-16-33)29-32-31-28(35(29)21-22-8-4-2-5-9-22)27-25(14-19-37-27)23-10-6-3-7-11-23/h2-14,19-20H,15-18,21H2,1H3. The number of aromatic nitrogens is 4. The number of piperazine rings is 1. The van der Waals surface area contributed by atoms with E-state index in [1.54, 1.807) is 19.6 Å². The van der Waals surface area contributed by atoms with Gasteiger partial charge in [0, 0.05) is 31.7 Å². The fraction of sp³-hybridized carbons (Fsp3) is 0.207. The predicted octanol–water partition coefficient (Wildman–Crippen LogP) is 4.98. The first-order valence-electron chi connectivity index (χ1n) is 12.4. The molecule has 1 aliphatic rings. The average Bonchev–Trinajstić information content (AvgIpc) is 3.62. The fourth-order valence-electron chi connectivity index (χ4n) is 4.75. The van der Waals surface area contributed by atoms with Crippen molar-refractivity contribution >= 4 is 11.8 Å². The summed E-state index contributed by atoms with van der Waals surface area (Å²) in [6, 6.07) is 26.6. The summed E-state index contributed by atoms with van der Waals surface area (Å²) >= 11 is 0. The van der Waals surface area contributed by atoms with E-state index in [2.05, 4.69) is 65.9 Å². The van der Waals surface area contributed by atoms with Gasteiger partial charge in [0.15, 0.2) is 5.76 Å². The van der Waals surface area contributed by atoms with Crippen LogP contribution in [0.4, 0.5) is 11.8 Å². The van der Waals surface area contributed by atoms with Crippen molar-refractivity contribution in [2.45, 2.75) is 6.54 Å². The molecule has 0 spiro atoms. The summed E-state index contributed by atoms with van der Waals surface area (Å²) in [5, 5.41) is 9.33. The van der Waals surface area contributed by atoms with Crippen molar-refractivity contribution in [1.82, 2.24) is 19.7 Å². The number of rotatable bonds is 7. The first-order valence-corrected chi connectivity index (χ1v) is 12.4. The van der Waals surface area contributed by atoms with Gasteiger partial charge in [0.1, 0.15) is 11.6 Å². The molecule has 0 bridgehead atoms. The van der Waals surface area contributed by atoms with Gasteiger partial charge in [-0.15, -0.1) is 10.2 Å². The Morgan fingerprint density at radius 3 is 2.24 bits per heavy atom. The van der Waals surface area contributed by atoms with E-state index >= 15 is 0 Å². The molecule has 5 aromatic rings. The van der Waals surface area contributed by atoms with Gasteiger partial charge in [-0.05, 0) is 29.3 Å². The number of hydrogen-bond donors (Lipinski definition) is 0. The van der Waals surface area contributed by atoms with Crippen LogP contribution in [0.15, 0.2) is 95.7 Å². The molecule has 1 aliphatic heterocycles. The number of furan rings is 1. The molecule has 3 aromatic heterocycles. The lowest BCUT2D eigenvalue weighted by molar-refractivity contribution is 0.413. The van der Waals surface area contributed by atoms with E-state index in [0.29, 0.717) is 6.54 Å². The van der Waals surface area contributed by atoms with Crippen LogP contribution in [-0.2, 0) is 6.54 Å². The number of anilines is 2. The fourth-order valence-corrected chi connectivity index (χ4v) is 4.75. The molecule has 1 fully saturated rings. The molecule has 8 heteroatoms. The topological polar surface area (TPSA) is 72.5 Å². The summed E-state index contributed by atoms with van der Waals surface area (Å²) in [5.41, 5.74) is 3.27. The quantitative estimate of drug-likeness (QED) is 0.317. The van der Waals surface area contributed by atoms with Crippen molar-refractivity contribution in [3.05, 3.63) is 96.9 Å². The Morgan fingerprint density at radius 1 is 0.811 bits per heavy atom.